The molecule has 0 radical (unpaired) electrons. The molecule has 0 saturated heterocycles. The molecule has 0 aliphatic heterocycles. The molecular formula is C10H12ClNO. The molecule has 0 fully saturated rings. The Bertz CT molecular complexity index is 347. The summed E-state index contributed by atoms with van der Waals surface area (Å²) in [6.07, 6.45) is 0. The molecule has 13 heavy (non-hydrogen) atoms. The van der Waals surface area contributed by atoms with Crippen LogP contribution in [0.2, 0.25) is 0 Å². The second-order valence-corrected chi connectivity index (χ2v) is 3.31. The summed E-state index contributed by atoms with van der Waals surface area (Å²) in [5.74, 6) is -0.130. The minimum absolute atomic E-state index is 0.0194. The monoisotopic (exact) mass is 197 g/mol. The zero-order chi connectivity index (χ0) is 10.0. The molecule has 1 aromatic carbocycles. The summed E-state index contributed by atoms with van der Waals surface area (Å²) in [6, 6.07) is 3.78. The van der Waals surface area contributed by atoms with E-state index in [-0.39, 0.29) is 11.7 Å². The summed E-state index contributed by atoms with van der Waals surface area (Å²) in [4.78, 5) is 11.4. The van der Waals surface area contributed by atoms with Crippen molar-refractivity contribution in [1.29, 1.82) is 0 Å². The Morgan fingerprint density at radius 1 is 1.38 bits per heavy atom. The number of benzene rings is 1. The van der Waals surface area contributed by atoms with Crippen molar-refractivity contribution >= 4 is 23.1 Å². The second kappa shape index (κ2) is 3.79. The van der Waals surface area contributed by atoms with Crippen LogP contribution in [0.1, 0.15) is 21.5 Å². The van der Waals surface area contributed by atoms with Gasteiger partial charge in [0.25, 0.3) is 0 Å². The zero-order valence-electron chi connectivity index (χ0n) is 7.73. The fraction of sp³-hybridized carbons (Fsp3) is 0.300. The highest BCUT2D eigenvalue weighted by atomic mass is 35.5. The Hall–Kier alpha value is -1.02. The van der Waals surface area contributed by atoms with Crippen molar-refractivity contribution in [2.75, 3.05) is 11.6 Å². The quantitative estimate of drug-likeness (QED) is 0.449. The van der Waals surface area contributed by atoms with Gasteiger partial charge in [0.1, 0.15) is 0 Å². The van der Waals surface area contributed by atoms with E-state index in [2.05, 4.69) is 0 Å². The number of carbonyl (C=O) groups is 1. The average Bonchev–Trinajstić information content (AvgIpc) is 2.12. The molecule has 0 aromatic heterocycles. The van der Waals surface area contributed by atoms with Crippen LogP contribution in [0.3, 0.4) is 0 Å². The highest BCUT2D eigenvalue weighted by Crippen LogP contribution is 2.21. The maximum atomic E-state index is 11.4. The van der Waals surface area contributed by atoms with E-state index < -0.39 is 0 Å². The first kappa shape index (κ1) is 10.1. The minimum Gasteiger partial charge on any atom is -0.398 e. The van der Waals surface area contributed by atoms with Gasteiger partial charge in [-0.25, -0.2) is 0 Å². The standard InChI is InChI=1S/C10H12ClNO/c1-6-3-4-7(2)10(12)9(6)8(13)5-11/h3-4H,5,12H2,1-2H3. The van der Waals surface area contributed by atoms with Crippen molar-refractivity contribution in [1.82, 2.24) is 0 Å². The number of alkyl halides is 1. The lowest BCUT2D eigenvalue weighted by Crippen LogP contribution is -2.08. The van der Waals surface area contributed by atoms with E-state index in [1.54, 1.807) is 0 Å². The van der Waals surface area contributed by atoms with Crippen LogP contribution < -0.4 is 5.73 Å². The number of aryl methyl sites for hydroxylation is 2. The first-order valence-electron chi connectivity index (χ1n) is 4.02. The Labute approximate surface area is 82.7 Å². The molecule has 3 heteroatoms. The minimum atomic E-state index is -0.111. The van der Waals surface area contributed by atoms with Gasteiger partial charge in [0.15, 0.2) is 5.78 Å². The highest BCUT2D eigenvalue weighted by molar-refractivity contribution is 6.31. The van der Waals surface area contributed by atoms with E-state index in [1.807, 2.05) is 26.0 Å². The number of nitrogens with two attached hydrogens (primary N) is 1. The van der Waals surface area contributed by atoms with Gasteiger partial charge >= 0.3 is 0 Å². The van der Waals surface area contributed by atoms with Crippen LogP contribution in [0.4, 0.5) is 5.69 Å². The van der Waals surface area contributed by atoms with Crippen LogP contribution in [0.15, 0.2) is 12.1 Å². The van der Waals surface area contributed by atoms with Crippen molar-refractivity contribution in [3.8, 4) is 0 Å². The molecular weight excluding hydrogens is 186 g/mol. The molecule has 70 valence electrons. The third-order valence-corrected chi connectivity index (χ3v) is 2.31. The summed E-state index contributed by atoms with van der Waals surface area (Å²) in [5, 5.41) is 0. The third-order valence-electron chi connectivity index (χ3n) is 2.07. The summed E-state index contributed by atoms with van der Waals surface area (Å²) in [5.41, 5.74) is 8.69. The van der Waals surface area contributed by atoms with Crippen LogP contribution >= 0.6 is 11.6 Å². The van der Waals surface area contributed by atoms with Gasteiger partial charge in [-0.2, -0.15) is 0 Å². The predicted molar refractivity (Wildman–Crippen MR) is 55.4 cm³/mol. The Morgan fingerprint density at radius 3 is 2.46 bits per heavy atom. The predicted octanol–water partition coefficient (Wildman–Crippen LogP) is 2.31. The fourth-order valence-electron chi connectivity index (χ4n) is 1.27. The van der Waals surface area contributed by atoms with Crippen molar-refractivity contribution in [2.45, 2.75) is 13.8 Å². The van der Waals surface area contributed by atoms with Crippen molar-refractivity contribution in [3.63, 3.8) is 0 Å². The van der Waals surface area contributed by atoms with Crippen molar-refractivity contribution in [2.24, 2.45) is 0 Å². The number of Topliss-reactive ketones (excluding diaryl/α,β-unsaturated/α-hetero) is 1. The molecule has 0 bridgehead atoms. The van der Waals surface area contributed by atoms with Crippen LogP contribution in [0, 0.1) is 13.8 Å². The van der Waals surface area contributed by atoms with Gasteiger partial charge < -0.3 is 5.73 Å². The molecule has 0 aliphatic carbocycles. The number of hydrogen-bond acceptors (Lipinski definition) is 2. The summed E-state index contributed by atoms with van der Waals surface area (Å²) >= 11 is 5.48. The molecule has 2 N–H and O–H groups in total. The van der Waals surface area contributed by atoms with Gasteiger partial charge in [0.2, 0.25) is 0 Å². The molecule has 0 spiro atoms. The van der Waals surface area contributed by atoms with E-state index in [1.165, 1.54) is 0 Å². The number of carbonyl (C=O) groups excluding carboxylic acids is 1. The van der Waals surface area contributed by atoms with Gasteiger partial charge in [0.05, 0.1) is 5.88 Å². The summed E-state index contributed by atoms with van der Waals surface area (Å²) in [6.45, 7) is 3.73. The molecule has 1 aromatic rings. The molecule has 0 atom stereocenters. The SMILES string of the molecule is Cc1ccc(C)c(C(=O)CCl)c1N. The number of anilines is 1. The normalized spacial score (nSPS) is 10.1. The topological polar surface area (TPSA) is 43.1 Å². The van der Waals surface area contributed by atoms with E-state index >= 15 is 0 Å². The lowest BCUT2D eigenvalue weighted by atomic mass is 10.00. The lowest BCUT2D eigenvalue weighted by molar-refractivity contribution is 0.102. The molecule has 0 unspecified atom stereocenters. The fourth-order valence-corrected chi connectivity index (χ4v) is 1.40. The zero-order valence-corrected chi connectivity index (χ0v) is 8.48. The maximum absolute atomic E-state index is 11.4. The molecule has 0 heterocycles. The highest BCUT2D eigenvalue weighted by Gasteiger charge is 2.12. The largest absolute Gasteiger partial charge is 0.398 e. The smallest absolute Gasteiger partial charge is 0.179 e. The second-order valence-electron chi connectivity index (χ2n) is 3.04. The van der Waals surface area contributed by atoms with E-state index in [0.29, 0.717) is 11.3 Å². The third kappa shape index (κ3) is 1.83. The summed E-state index contributed by atoms with van der Waals surface area (Å²) in [7, 11) is 0. The van der Waals surface area contributed by atoms with E-state index in [9.17, 15) is 4.79 Å². The van der Waals surface area contributed by atoms with Crippen LogP contribution in [-0.4, -0.2) is 11.7 Å². The number of hydrogen-bond donors (Lipinski definition) is 1. The molecule has 1 rings (SSSR count). The molecule has 2 nitrogen and oxygen atoms in total. The van der Waals surface area contributed by atoms with E-state index in [0.717, 1.165) is 11.1 Å². The number of nitrogen functional groups attached to an aromatic ring is 1. The first-order valence-corrected chi connectivity index (χ1v) is 4.56. The number of halogens is 1. The number of rotatable bonds is 2. The Morgan fingerprint density at radius 2 is 1.92 bits per heavy atom. The van der Waals surface area contributed by atoms with Crippen molar-refractivity contribution < 1.29 is 4.79 Å². The van der Waals surface area contributed by atoms with E-state index in [4.69, 9.17) is 17.3 Å². The van der Waals surface area contributed by atoms with Gasteiger partial charge in [-0.05, 0) is 25.0 Å². The average molecular weight is 198 g/mol. The Kier molecular flexibility index (Phi) is 2.94. The van der Waals surface area contributed by atoms with Gasteiger partial charge in [-0.1, -0.05) is 12.1 Å². The molecule has 0 aliphatic rings. The molecule has 0 amide bonds. The van der Waals surface area contributed by atoms with Crippen LogP contribution in [0.25, 0.3) is 0 Å². The van der Waals surface area contributed by atoms with Crippen LogP contribution in [-0.2, 0) is 0 Å². The Balaban J connectivity index is 3.33. The van der Waals surface area contributed by atoms with Gasteiger partial charge in [-0.15, -0.1) is 11.6 Å². The maximum Gasteiger partial charge on any atom is 0.179 e. The number of ketones is 1. The first-order chi connectivity index (χ1) is 6.07. The van der Waals surface area contributed by atoms with Crippen molar-refractivity contribution in [3.05, 3.63) is 28.8 Å². The van der Waals surface area contributed by atoms with Gasteiger partial charge in [0, 0.05) is 11.3 Å². The molecule has 0 saturated carbocycles. The van der Waals surface area contributed by atoms with Crippen LogP contribution in [0.5, 0.6) is 0 Å². The van der Waals surface area contributed by atoms with Gasteiger partial charge in [-0.3, -0.25) is 4.79 Å². The summed E-state index contributed by atoms with van der Waals surface area (Å²) < 4.78 is 0. The lowest BCUT2D eigenvalue weighted by Gasteiger charge is -2.09.